The number of rotatable bonds is 2. The number of halogens is 1. The van der Waals surface area contributed by atoms with Crippen LogP contribution in [0.1, 0.15) is 27.2 Å². The van der Waals surface area contributed by atoms with E-state index in [4.69, 9.17) is 16.3 Å². The smallest absolute Gasteiger partial charge is 0.407 e. The lowest BCUT2D eigenvalue weighted by atomic mass is 10.2. The van der Waals surface area contributed by atoms with Gasteiger partial charge in [0.25, 0.3) is 0 Å². The van der Waals surface area contributed by atoms with Crippen molar-refractivity contribution in [1.29, 1.82) is 0 Å². The monoisotopic (exact) mass is 298 g/mol. The molecule has 1 aromatic rings. The number of alkyl carbamates (subject to hydrolysis) is 1. The SMILES string of the molecule is CC(C)(C)OC(=O)N[C@H]1CCN(c2ccnc(Cl)n2)C1. The second-order valence-electron chi connectivity index (χ2n) is 5.76. The van der Waals surface area contributed by atoms with E-state index in [0.29, 0.717) is 6.54 Å². The number of amides is 1. The standard InChI is InChI=1S/C13H19ClN4O2/c1-13(2,3)20-12(19)16-9-5-7-18(8-9)10-4-6-15-11(14)17-10/h4,6,9H,5,7-8H2,1-3H3,(H,16,19)/t9-/m0/s1. The highest BCUT2D eigenvalue weighted by atomic mass is 35.5. The molecule has 6 nitrogen and oxygen atoms in total. The van der Waals surface area contributed by atoms with Crippen molar-refractivity contribution >= 4 is 23.5 Å². The van der Waals surface area contributed by atoms with Gasteiger partial charge in [-0.2, -0.15) is 0 Å². The number of hydrogen-bond donors (Lipinski definition) is 1. The molecular formula is C13H19ClN4O2. The summed E-state index contributed by atoms with van der Waals surface area (Å²) < 4.78 is 5.24. The molecule has 0 bridgehead atoms. The third kappa shape index (κ3) is 4.23. The molecule has 1 saturated heterocycles. The van der Waals surface area contributed by atoms with Crippen LogP contribution in [0.5, 0.6) is 0 Å². The van der Waals surface area contributed by atoms with Crippen LogP contribution in [-0.2, 0) is 4.74 Å². The van der Waals surface area contributed by atoms with Gasteiger partial charge in [-0.1, -0.05) is 0 Å². The fourth-order valence-corrected chi connectivity index (χ4v) is 2.21. The van der Waals surface area contributed by atoms with Crippen LogP contribution in [0.25, 0.3) is 0 Å². The van der Waals surface area contributed by atoms with E-state index in [-0.39, 0.29) is 17.4 Å². The number of aromatic nitrogens is 2. The van der Waals surface area contributed by atoms with Crippen molar-refractivity contribution in [3.8, 4) is 0 Å². The van der Waals surface area contributed by atoms with Crippen molar-refractivity contribution in [3.63, 3.8) is 0 Å². The highest BCUT2D eigenvalue weighted by Crippen LogP contribution is 2.19. The second-order valence-corrected chi connectivity index (χ2v) is 6.10. The first-order chi connectivity index (χ1) is 9.33. The van der Waals surface area contributed by atoms with Gasteiger partial charge < -0.3 is 15.0 Å². The maximum Gasteiger partial charge on any atom is 0.407 e. The molecule has 7 heteroatoms. The molecule has 1 aromatic heterocycles. The summed E-state index contributed by atoms with van der Waals surface area (Å²) in [6.45, 7) is 7.03. The summed E-state index contributed by atoms with van der Waals surface area (Å²) in [6.07, 6.45) is 2.09. The zero-order valence-corrected chi connectivity index (χ0v) is 12.6. The van der Waals surface area contributed by atoms with Crippen molar-refractivity contribution in [2.75, 3.05) is 18.0 Å². The number of anilines is 1. The fourth-order valence-electron chi connectivity index (χ4n) is 2.06. The molecule has 0 saturated carbocycles. The molecule has 110 valence electrons. The minimum Gasteiger partial charge on any atom is -0.444 e. The highest BCUT2D eigenvalue weighted by Gasteiger charge is 2.26. The minimum atomic E-state index is -0.484. The van der Waals surface area contributed by atoms with Crippen molar-refractivity contribution in [2.45, 2.75) is 38.8 Å². The number of hydrogen-bond acceptors (Lipinski definition) is 5. The Hall–Kier alpha value is -1.56. The average molecular weight is 299 g/mol. The lowest BCUT2D eigenvalue weighted by molar-refractivity contribution is 0.0509. The van der Waals surface area contributed by atoms with Crippen LogP contribution < -0.4 is 10.2 Å². The van der Waals surface area contributed by atoms with Gasteiger partial charge in [-0.3, -0.25) is 0 Å². The maximum absolute atomic E-state index is 11.7. The average Bonchev–Trinajstić information content (AvgIpc) is 2.74. The lowest BCUT2D eigenvalue weighted by Crippen LogP contribution is -2.40. The number of carbonyl (C=O) groups excluding carboxylic acids is 1. The lowest BCUT2D eigenvalue weighted by Gasteiger charge is -2.22. The van der Waals surface area contributed by atoms with Gasteiger partial charge in [0.05, 0.1) is 6.04 Å². The largest absolute Gasteiger partial charge is 0.444 e. The van der Waals surface area contributed by atoms with E-state index in [2.05, 4.69) is 20.2 Å². The van der Waals surface area contributed by atoms with Crippen LogP contribution >= 0.6 is 11.6 Å². The van der Waals surface area contributed by atoms with Gasteiger partial charge >= 0.3 is 6.09 Å². The predicted octanol–water partition coefficient (Wildman–Crippen LogP) is 2.23. The number of carbonyl (C=O) groups is 1. The van der Waals surface area contributed by atoms with E-state index in [9.17, 15) is 4.79 Å². The van der Waals surface area contributed by atoms with Crippen LogP contribution in [0, 0.1) is 0 Å². The molecule has 1 atom stereocenters. The van der Waals surface area contributed by atoms with Gasteiger partial charge in [0.15, 0.2) is 0 Å². The topological polar surface area (TPSA) is 67.3 Å². The summed E-state index contributed by atoms with van der Waals surface area (Å²) in [5.41, 5.74) is -0.484. The second kappa shape index (κ2) is 5.83. The third-order valence-corrected chi connectivity index (χ3v) is 3.03. The molecule has 0 radical (unpaired) electrons. The maximum atomic E-state index is 11.7. The first-order valence-electron chi connectivity index (χ1n) is 6.56. The van der Waals surface area contributed by atoms with E-state index in [1.807, 2.05) is 26.8 Å². The molecule has 1 aliphatic rings. The Morgan fingerprint density at radius 3 is 2.95 bits per heavy atom. The Balaban J connectivity index is 1.88. The molecule has 20 heavy (non-hydrogen) atoms. The first kappa shape index (κ1) is 14.8. The molecule has 1 amide bonds. The summed E-state index contributed by atoms with van der Waals surface area (Å²) >= 11 is 5.78. The normalized spacial score (nSPS) is 19.0. The third-order valence-electron chi connectivity index (χ3n) is 2.84. The number of nitrogens with one attached hydrogen (secondary N) is 1. The molecule has 2 rings (SSSR count). The highest BCUT2D eigenvalue weighted by molar-refractivity contribution is 6.28. The molecule has 1 aliphatic heterocycles. The van der Waals surface area contributed by atoms with E-state index < -0.39 is 5.60 Å². The Morgan fingerprint density at radius 2 is 2.30 bits per heavy atom. The van der Waals surface area contributed by atoms with E-state index in [1.54, 1.807) is 6.20 Å². The van der Waals surface area contributed by atoms with E-state index >= 15 is 0 Å². The van der Waals surface area contributed by atoms with Crippen LogP contribution in [0.15, 0.2) is 12.3 Å². The molecule has 0 aliphatic carbocycles. The number of ether oxygens (including phenoxy) is 1. The van der Waals surface area contributed by atoms with Crippen molar-refractivity contribution in [1.82, 2.24) is 15.3 Å². The zero-order valence-electron chi connectivity index (χ0n) is 11.9. The van der Waals surface area contributed by atoms with E-state index in [0.717, 1.165) is 18.8 Å². The Kier molecular flexibility index (Phi) is 4.32. The summed E-state index contributed by atoms with van der Waals surface area (Å²) in [7, 11) is 0. The molecular weight excluding hydrogens is 280 g/mol. The van der Waals surface area contributed by atoms with Crippen molar-refractivity contribution in [2.24, 2.45) is 0 Å². The molecule has 0 spiro atoms. The van der Waals surface area contributed by atoms with E-state index in [1.165, 1.54) is 0 Å². The first-order valence-corrected chi connectivity index (χ1v) is 6.94. The molecule has 1 fully saturated rings. The van der Waals surface area contributed by atoms with Gasteiger partial charge in [-0.25, -0.2) is 14.8 Å². The minimum absolute atomic E-state index is 0.0543. The quantitative estimate of drug-likeness (QED) is 0.848. The summed E-state index contributed by atoms with van der Waals surface area (Å²) in [5, 5.41) is 3.10. The fraction of sp³-hybridized carbons (Fsp3) is 0.615. The summed E-state index contributed by atoms with van der Waals surface area (Å²) in [5.74, 6) is 0.776. The Labute approximate surface area is 123 Å². The number of nitrogens with zero attached hydrogens (tertiary/aromatic N) is 3. The van der Waals surface area contributed by atoms with Gasteiger partial charge in [-0.15, -0.1) is 0 Å². The van der Waals surface area contributed by atoms with Gasteiger partial charge in [-0.05, 0) is 44.9 Å². The van der Waals surface area contributed by atoms with Gasteiger partial charge in [0.2, 0.25) is 5.28 Å². The Morgan fingerprint density at radius 1 is 1.55 bits per heavy atom. The van der Waals surface area contributed by atoms with Crippen molar-refractivity contribution in [3.05, 3.63) is 17.5 Å². The predicted molar refractivity (Wildman–Crippen MR) is 77.0 cm³/mol. The zero-order chi connectivity index (χ0) is 14.8. The molecule has 0 unspecified atom stereocenters. The molecule has 1 N–H and O–H groups in total. The van der Waals surface area contributed by atoms with Crippen LogP contribution in [-0.4, -0.2) is 40.8 Å². The van der Waals surface area contributed by atoms with Gasteiger partial charge in [0.1, 0.15) is 11.4 Å². The van der Waals surface area contributed by atoms with Crippen LogP contribution in [0.3, 0.4) is 0 Å². The summed E-state index contributed by atoms with van der Waals surface area (Å²) in [6, 6.07) is 1.86. The molecule has 0 aromatic carbocycles. The summed E-state index contributed by atoms with van der Waals surface area (Å²) in [4.78, 5) is 21.8. The van der Waals surface area contributed by atoms with Crippen LogP contribution in [0.2, 0.25) is 5.28 Å². The molecule has 2 heterocycles. The van der Waals surface area contributed by atoms with Crippen molar-refractivity contribution < 1.29 is 9.53 Å². The van der Waals surface area contributed by atoms with Crippen LogP contribution in [0.4, 0.5) is 10.6 Å². The van der Waals surface area contributed by atoms with Gasteiger partial charge in [0, 0.05) is 19.3 Å². The Bertz CT molecular complexity index is 490.